The number of nitrogens with one attached hydrogen (secondary N) is 2. The second-order valence-electron chi connectivity index (χ2n) is 6.36. The zero-order valence-corrected chi connectivity index (χ0v) is 15.2. The number of hydrogen-bond acceptors (Lipinski definition) is 4. The van der Waals surface area contributed by atoms with E-state index in [2.05, 4.69) is 44.8 Å². The first kappa shape index (κ1) is 18.9. The average molecular weight is 340 g/mol. The summed E-state index contributed by atoms with van der Waals surface area (Å²) in [5.41, 5.74) is 1.98. The molecule has 0 saturated carbocycles. The Kier molecular flexibility index (Phi) is 7.92. The van der Waals surface area contributed by atoms with Gasteiger partial charge < -0.3 is 15.5 Å². The molecule has 0 spiro atoms. The summed E-state index contributed by atoms with van der Waals surface area (Å²) in [5, 5.41) is 6.24. The number of aryl methyl sites for hydroxylation is 1. The molecule has 0 aliphatic carbocycles. The summed E-state index contributed by atoms with van der Waals surface area (Å²) >= 11 is 0. The minimum Gasteiger partial charge on any atom is -0.370 e. The van der Waals surface area contributed by atoms with Crippen LogP contribution in [-0.2, 0) is 6.42 Å². The summed E-state index contributed by atoms with van der Waals surface area (Å²) in [5.74, 6) is 0.697. The van der Waals surface area contributed by atoms with Crippen molar-refractivity contribution >= 4 is 11.7 Å². The molecule has 2 rings (SSSR count). The molecule has 1 aromatic heterocycles. The van der Waals surface area contributed by atoms with Gasteiger partial charge in [-0.05, 0) is 57.6 Å². The van der Waals surface area contributed by atoms with E-state index in [1.165, 1.54) is 5.56 Å². The van der Waals surface area contributed by atoms with Gasteiger partial charge in [0.15, 0.2) is 0 Å². The molecular formula is C20H28N4O. The van der Waals surface area contributed by atoms with Gasteiger partial charge in [-0.25, -0.2) is 4.98 Å². The Balaban J connectivity index is 1.73. The van der Waals surface area contributed by atoms with Gasteiger partial charge in [-0.1, -0.05) is 30.3 Å². The van der Waals surface area contributed by atoms with Crippen molar-refractivity contribution in [3.63, 3.8) is 0 Å². The highest BCUT2D eigenvalue weighted by Crippen LogP contribution is 2.08. The molecule has 1 heterocycles. The fourth-order valence-electron chi connectivity index (χ4n) is 2.52. The Morgan fingerprint density at radius 2 is 1.88 bits per heavy atom. The summed E-state index contributed by atoms with van der Waals surface area (Å²) in [4.78, 5) is 18.6. The van der Waals surface area contributed by atoms with Gasteiger partial charge in [-0.3, -0.25) is 4.79 Å². The van der Waals surface area contributed by atoms with Crippen LogP contribution in [0, 0.1) is 0 Å². The van der Waals surface area contributed by atoms with Crippen molar-refractivity contribution in [2.45, 2.75) is 19.3 Å². The van der Waals surface area contributed by atoms with Crippen LogP contribution in [0.25, 0.3) is 0 Å². The monoisotopic (exact) mass is 340 g/mol. The van der Waals surface area contributed by atoms with Crippen LogP contribution in [0.1, 0.15) is 28.8 Å². The Hall–Kier alpha value is -2.40. The lowest BCUT2D eigenvalue weighted by Crippen LogP contribution is -2.27. The number of carbonyl (C=O) groups is 1. The molecular weight excluding hydrogens is 312 g/mol. The van der Waals surface area contributed by atoms with Crippen LogP contribution in [0.3, 0.4) is 0 Å². The molecule has 0 aliphatic heterocycles. The van der Waals surface area contributed by atoms with Crippen molar-refractivity contribution in [2.75, 3.05) is 39.0 Å². The van der Waals surface area contributed by atoms with Crippen LogP contribution in [0.2, 0.25) is 0 Å². The predicted octanol–water partition coefficient (Wildman–Crippen LogP) is 2.81. The average Bonchev–Trinajstić information content (AvgIpc) is 2.63. The predicted molar refractivity (Wildman–Crippen MR) is 103 cm³/mol. The molecule has 0 radical (unpaired) electrons. The van der Waals surface area contributed by atoms with E-state index in [1.54, 1.807) is 12.3 Å². The second kappa shape index (κ2) is 10.5. The number of benzene rings is 1. The first-order valence-electron chi connectivity index (χ1n) is 8.82. The Morgan fingerprint density at radius 3 is 2.64 bits per heavy atom. The molecule has 0 atom stereocenters. The highest BCUT2D eigenvalue weighted by molar-refractivity contribution is 5.94. The van der Waals surface area contributed by atoms with Crippen LogP contribution in [0.4, 0.5) is 5.82 Å². The zero-order valence-electron chi connectivity index (χ0n) is 15.2. The van der Waals surface area contributed by atoms with Gasteiger partial charge in [0, 0.05) is 24.8 Å². The lowest BCUT2D eigenvalue weighted by Gasteiger charge is -2.10. The molecule has 2 aromatic rings. The third kappa shape index (κ3) is 7.35. The topological polar surface area (TPSA) is 57.3 Å². The lowest BCUT2D eigenvalue weighted by atomic mass is 10.1. The van der Waals surface area contributed by atoms with E-state index in [9.17, 15) is 4.79 Å². The molecule has 0 aliphatic rings. The van der Waals surface area contributed by atoms with E-state index in [1.807, 2.05) is 26.2 Å². The molecule has 5 nitrogen and oxygen atoms in total. The van der Waals surface area contributed by atoms with E-state index in [-0.39, 0.29) is 5.91 Å². The fraction of sp³-hybridized carbons (Fsp3) is 0.400. The number of aromatic nitrogens is 1. The number of carbonyl (C=O) groups excluding carboxylic acids is 1. The van der Waals surface area contributed by atoms with Crippen LogP contribution in [0.5, 0.6) is 0 Å². The first-order chi connectivity index (χ1) is 12.1. The number of pyridine rings is 1. The Morgan fingerprint density at radius 1 is 1.08 bits per heavy atom. The number of anilines is 1. The van der Waals surface area contributed by atoms with E-state index < -0.39 is 0 Å². The molecule has 0 bridgehead atoms. The van der Waals surface area contributed by atoms with Crippen molar-refractivity contribution in [1.29, 1.82) is 0 Å². The van der Waals surface area contributed by atoms with E-state index in [4.69, 9.17) is 0 Å². The molecule has 1 amide bonds. The van der Waals surface area contributed by atoms with Gasteiger partial charge in [0.1, 0.15) is 5.82 Å². The van der Waals surface area contributed by atoms with Gasteiger partial charge in [-0.2, -0.15) is 0 Å². The van der Waals surface area contributed by atoms with Crippen LogP contribution in [0.15, 0.2) is 48.7 Å². The lowest BCUT2D eigenvalue weighted by molar-refractivity contribution is 0.0952. The number of nitrogens with zero attached hydrogens (tertiary/aromatic N) is 2. The van der Waals surface area contributed by atoms with Gasteiger partial charge in [-0.15, -0.1) is 0 Å². The molecule has 2 N–H and O–H groups in total. The maximum absolute atomic E-state index is 12.2. The highest BCUT2D eigenvalue weighted by Gasteiger charge is 2.06. The smallest absolute Gasteiger partial charge is 0.251 e. The van der Waals surface area contributed by atoms with Crippen molar-refractivity contribution < 1.29 is 4.79 Å². The van der Waals surface area contributed by atoms with Crippen molar-refractivity contribution in [3.05, 3.63) is 59.8 Å². The molecule has 134 valence electrons. The molecule has 5 heteroatoms. The number of rotatable bonds is 10. The van der Waals surface area contributed by atoms with Crippen LogP contribution < -0.4 is 10.6 Å². The van der Waals surface area contributed by atoms with E-state index in [0.717, 1.165) is 38.2 Å². The van der Waals surface area contributed by atoms with Crippen molar-refractivity contribution in [1.82, 2.24) is 15.2 Å². The van der Waals surface area contributed by atoms with Gasteiger partial charge in [0.2, 0.25) is 0 Å². The highest BCUT2D eigenvalue weighted by atomic mass is 16.1. The van der Waals surface area contributed by atoms with E-state index in [0.29, 0.717) is 12.1 Å². The van der Waals surface area contributed by atoms with Crippen molar-refractivity contribution in [3.8, 4) is 0 Å². The third-order valence-electron chi connectivity index (χ3n) is 3.88. The normalized spacial score (nSPS) is 10.7. The van der Waals surface area contributed by atoms with Gasteiger partial charge in [0.25, 0.3) is 5.91 Å². The van der Waals surface area contributed by atoms with Crippen LogP contribution in [-0.4, -0.2) is 49.5 Å². The maximum Gasteiger partial charge on any atom is 0.251 e. The largest absolute Gasteiger partial charge is 0.370 e. The van der Waals surface area contributed by atoms with Gasteiger partial charge >= 0.3 is 0 Å². The Labute approximate surface area is 150 Å². The minimum absolute atomic E-state index is 0.0477. The molecule has 0 saturated heterocycles. The fourth-order valence-corrected chi connectivity index (χ4v) is 2.52. The summed E-state index contributed by atoms with van der Waals surface area (Å²) in [6, 6.07) is 14.0. The second-order valence-corrected chi connectivity index (χ2v) is 6.36. The number of amides is 1. The standard InChI is InChI=1S/C20H28N4O/c1-24(2)15-7-13-23-20(25)18-11-14-22-19(16-18)21-12-6-10-17-8-4-3-5-9-17/h3-5,8-9,11,14,16H,6-7,10,12-13,15H2,1-2H3,(H,21,22)(H,23,25). The molecule has 1 aromatic carbocycles. The zero-order chi connectivity index (χ0) is 17.9. The summed E-state index contributed by atoms with van der Waals surface area (Å²) < 4.78 is 0. The van der Waals surface area contributed by atoms with Crippen LogP contribution >= 0.6 is 0 Å². The first-order valence-corrected chi connectivity index (χ1v) is 8.82. The van der Waals surface area contributed by atoms with Gasteiger partial charge in [0.05, 0.1) is 0 Å². The quantitative estimate of drug-likeness (QED) is 0.653. The molecule has 0 fully saturated rings. The van der Waals surface area contributed by atoms with Crippen molar-refractivity contribution in [2.24, 2.45) is 0 Å². The SMILES string of the molecule is CN(C)CCCNC(=O)c1ccnc(NCCCc2ccccc2)c1. The van der Waals surface area contributed by atoms with E-state index >= 15 is 0 Å². The summed E-state index contributed by atoms with van der Waals surface area (Å²) in [6.45, 7) is 2.47. The maximum atomic E-state index is 12.2. The third-order valence-corrected chi connectivity index (χ3v) is 3.88. The summed E-state index contributed by atoms with van der Waals surface area (Å²) in [7, 11) is 4.06. The minimum atomic E-state index is -0.0477. The molecule has 25 heavy (non-hydrogen) atoms. The summed E-state index contributed by atoms with van der Waals surface area (Å²) in [6.07, 6.45) is 4.66. The number of hydrogen-bond donors (Lipinski definition) is 2. The molecule has 0 unspecified atom stereocenters. The Bertz CT molecular complexity index is 643.